The van der Waals surface area contributed by atoms with Crippen LogP contribution in [0.2, 0.25) is 0 Å². The molecule has 9 heteroatoms. The van der Waals surface area contributed by atoms with E-state index in [1.165, 1.54) is 11.6 Å². The number of hydrogen-bond acceptors (Lipinski definition) is 5. The molecular formula is C37H50F2N4O3. The van der Waals surface area contributed by atoms with Gasteiger partial charge in [-0.1, -0.05) is 37.3 Å². The van der Waals surface area contributed by atoms with Crippen molar-refractivity contribution in [2.45, 2.75) is 75.4 Å². The van der Waals surface area contributed by atoms with Crippen LogP contribution in [0.15, 0.2) is 42.5 Å². The van der Waals surface area contributed by atoms with Gasteiger partial charge in [0.2, 0.25) is 11.6 Å². The van der Waals surface area contributed by atoms with Gasteiger partial charge in [0.1, 0.15) is 5.82 Å². The lowest BCUT2D eigenvalue weighted by molar-refractivity contribution is -0.145. The molecule has 6 rings (SSSR count). The number of carbonyl (C=O) groups is 2. The van der Waals surface area contributed by atoms with Gasteiger partial charge in [0.05, 0.1) is 0 Å². The fourth-order valence-electron chi connectivity index (χ4n) is 8.27. The first-order valence-electron chi connectivity index (χ1n) is 17.3. The van der Waals surface area contributed by atoms with Gasteiger partial charge in [-0.05, 0) is 79.7 Å². The average Bonchev–Trinajstić information content (AvgIpc) is 3.46. The maximum Gasteiger partial charge on any atom is 0.262 e. The molecule has 0 unspecified atom stereocenters. The van der Waals surface area contributed by atoms with Crippen molar-refractivity contribution in [3.63, 3.8) is 0 Å². The van der Waals surface area contributed by atoms with Gasteiger partial charge in [-0.25, -0.2) is 8.78 Å². The van der Waals surface area contributed by atoms with Gasteiger partial charge in [-0.15, -0.1) is 0 Å². The highest BCUT2D eigenvalue weighted by Gasteiger charge is 2.56. The first-order chi connectivity index (χ1) is 22.2. The molecule has 0 aromatic heterocycles. The van der Waals surface area contributed by atoms with Crippen LogP contribution in [0.5, 0.6) is 0 Å². The summed E-state index contributed by atoms with van der Waals surface area (Å²) in [7, 11) is 3.58. The molecule has 4 fully saturated rings. The number of nitrogens with zero attached hydrogens (tertiary/aromatic N) is 4. The van der Waals surface area contributed by atoms with Gasteiger partial charge in [0.25, 0.3) is 5.91 Å². The Bertz CT molecular complexity index is 1370. The van der Waals surface area contributed by atoms with Gasteiger partial charge in [-0.3, -0.25) is 14.5 Å². The van der Waals surface area contributed by atoms with Crippen LogP contribution in [0.3, 0.4) is 0 Å². The summed E-state index contributed by atoms with van der Waals surface area (Å²) in [5, 5.41) is 0. The van der Waals surface area contributed by atoms with Crippen molar-refractivity contribution in [1.82, 2.24) is 14.7 Å². The molecule has 4 aliphatic heterocycles. The van der Waals surface area contributed by atoms with Crippen LogP contribution in [0.25, 0.3) is 0 Å². The number of hydrogen-bond donors (Lipinski definition) is 0. The first-order valence-corrected chi connectivity index (χ1v) is 17.3. The molecule has 4 heterocycles. The molecule has 2 atom stereocenters. The maximum absolute atomic E-state index is 17.4. The summed E-state index contributed by atoms with van der Waals surface area (Å²) in [4.78, 5) is 34.5. The van der Waals surface area contributed by atoms with E-state index < -0.39 is 17.5 Å². The van der Waals surface area contributed by atoms with Crippen LogP contribution >= 0.6 is 0 Å². The van der Waals surface area contributed by atoms with Gasteiger partial charge in [0, 0.05) is 90.1 Å². The largest absolute Gasteiger partial charge is 0.381 e. The molecule has 46 heavy (non-hydrogen) atoms. The SMILES string of the molecule is CCc1ccc([C@@H]2CN(C3CCOCC3)C[C@@]2(F)C(=O)N2CCC(c3ccc(F)cc3N3CCC(C(=O)N(C)C)CC3)CC2)cc1. The molecule has 0 saturated carbocycles. The summed E-state index contributed by atoms with van der Waals surface area (Å²) in [5.74, 6) is -0.881. The zero-order chi connectivity index (χ0) is 32.4. The van der Waals surface area contributed by atoms with E-state index in [4.69, 9.17) is 4.74 Å². The lowest BCUT2D eigenvalue weighted by Gasteiger charge is -2.39. The van der Waals surface area contributed by atoms with E-state index in [9.17, 15) is 14.0 Å². The van der Waals surface area contributed by atoms with E-state index in [1.54, 1.807) is 30.0 Å². The molecule has 2 amide bonds. The van der Waals surface area contributed by atoms with E-state index in [0.29, 0.717) is 58.8 Å². The fourth-order valence-corrected chi connectivity index (χ4v) is 8.27. The molecule has 250 valence electrons. The van der Waals surface area contributed by atoms with Crippen molar-refractivity contribution in [2.24, 2.45) is 5.92 Å². The minimum atomic E-state index is -1.99. The molecule has 7 nitrogen and oxygen atoms in total. The third-order valence-corrected chi connectivity index (χ3v) is 11.1. The fraction of sp³-hybridized carbons (Fsp3) is 0.622. The predicted octanol–water partition coefficient (Wildman–Crippen LogP) is 5.39. The number of amides is 2. The van der Waals surface area contributed by atoms with E-state index in [-0.39, 0.29) is 36.1 Å². The standard InChI is InChI=1S/C37H50F2N4O3/c1-4-26-5-7-28(8-6-26)33-24-43(31-15-21-46-22-16-31)25-37(33,39)36(45)42-19-11-27(12-20-42)32-10-9-30(38)23-34(32)41-17-13-29(14-18-41)35(44)40(2)3/h5-10,23,27,29,31,33H,4,11-22,24-25H2,1-3H3/t33-,37-/m0/s1. The monoisotopic (exact) mass is 636 g/mol. The molecule has 0 aliphatic carbocycles. The molecule has 0 N–H and O–H groups in total. The number of alkyl halides is 1. The van der Waals surface area contributed by atoms with Crippen LogP contribution < -0.4 is 4.90 Å². The van der Waals surface area contributed by atoms with E-state index >= 15 is 4.39 Å². The molecule has 0 radical (unpaired) electrons. The minimum Gasteiger partial charge on any atom is -0.381 e. The topological polar surface area (TPSA) is 56.3 Å². The van der Waals surface area contributed by atoms with Crippen molar-refractivity contribution in [3.8, 4) is 0 Å². The summed E-state index contributed by atoms with van der Waals surface area (Å²) < 4.78 is 37.5. The predicted molar refractivity (Wildman–Crippen MR) is 176 cm³/mol. The number of anilines is 1. The number of ether oxygens (including phenoxy) is 1. The van der Waals surface area contributed by atoms with Crippen molar-refractivity contribution in [1.29, 1.82) is 0 Å². The van der Waals surface area contributed by atoms with Gasteiger partial charge < -0.3 is 19.4 Å². The molecule has 2 aromatic carbocycles. The summed E-state index contributed by atoms with van der Waals surface area (Å²) >= 11 is 0. The van der Waals surface area contributed by atoms with E-state index in [2.05, 4.69) is 28.9 Å². The number of benzene rings is 2. The molecule has 2 aromatic rings. The van der Waals surface area contributed by atoms with Crippen LogP contribution in [-0.4, -0.2) is 105 Å². The maximum atomic E-state index is 17.4. The second-order valence-electron chi connectivity index (χ2n) is 14.0. The number of piperidine rings is 2. The van der Waals surface area contributed by atoms with Crippen LogP contribution in [0.1, 0.15) is 74.0 Å². The highest BCUT2D eigenvalue weighted by molar-refractivity contribution is 5.87. The molecule has 0 bridgehead atoms. The molecule has 4 saturated heterocycles. The lowest BCUT2D eigenvalue weighted by Crippen LogP contribution is -2.53. The summed E-state index contributed by atoms with van der Waals surface area (Å²) in [6.07, 6.45) is 5.53. The Morgan fingerprint density at radius 1 is 0.935 bits per heavy atom. The van der Waals surface area contributed by atoms with Crippen LogP contribution in [-0.2, 0) is 20.7 Å². The zero-order valence-electron chi connectivity index (χ0n) is 27.7. The summed E-state index contributed by atoms with van der Waals surface area (Å²) in [5.41, 5.74) is 2.08. The minimum absolute atomic E-state index is 0.00287. The number of rotatable bonds is 7. The normalized spacial score (nSPS) is 25.6. The van der Waals surface area contributed by atoms with E-state index in [0.717, 1.165) is 48.9 Å². The van der Waals surface area contributed by atoms with Crippen molar-refractivity contribution >= 4 is 17.5 Å². The number of aryl methyl sites for hydroxylation is 1. The number of halogens is 2. The Balaban J connectivity index is 1.16. The number of likely N-dealkylation sites (tertiary alicyclic amines) is 2. The van der Waals surface area contributed by atoms with Gasteiger partial charge >= 0.3 is 0 Å². The van der Waals surface area contributed by atoms with Crippen molar-refractivity contribution in [2.75, 3.05) is 71.5 Å². The highest BCUT2D eigenvalue weighted by Crippen LogP contribution is 2.44. The smallest absolute Gasteiger partial charge is 0.262 e. The Hall–Kier alpha value is -3.04. The quantitative estimate of drug-likeness (QED) is 0.409. The third-order valence-electron chi connectivity index (χ3n) is 11.1. The second-order valence-corrected chi connectivity index (χ2v) is 14.0. The highest BCUT2D eigenvalue weighted by atomic mass is 19.1. The first kappa shape index (κ1) is 32.9. The molecule has 0 spiro atoms. The van der Waals surface area contributed by atoms with Crippen molar-refractivity contribution < 1.29 is 23.1 Å². The van der Waals surface area contributed by atoms with Crippen molar-refractivity contribution in [3.05, 3.63) is 65.0 Å². The zero-order valence-corrected chi connectivity index (χ0v) is 27.7. The lowest BCUT2D eigenvalue weighted by atomic mass is 9.83. The Labute approximate surface area is 272 Å². The number of carbonyl (C=O) groups excluding carboxylic acids is 2. The second kappa shape index (κ2) is 14.0. The van der Waals surface area contributed by atoms with Crippen LogP contribution in [0.4, 0.5) is 14.5 Å². The van der Waals surface area contributed by atoms with E-state index in [1.807, 2.05) is 18.2 Å². The van der Waals surface area contributed by atoms with Gasteiger partial charge in [-0.2, -0.15) is 0 Å². The summed E-state index contributed by atoms with van der Waals surface area (Å²) in [6, 6.07) is 13.4. The Kier molecular flexibility index (Phi) is 9.99. The molecular weight excluding hydrogens is 586 g/mol. The summed E-state index contributed by atoms with van der Waals surface area (Å²) in [6.45, 7) is 6.46. The Morgan fingerprint density at radius 3 is 2.24 bits per heavy atom. The Morgan fingerprint density at radius 2 is 1.61 bits per heavy atom. The molecule has 4 aliphatic rings. The van der Waals surface area contributed by atoms with Crippen LogP contribution in [0, 0.1) is 11.7 Å². The third kappa shape index (κ3) is 6.68. The van der Waals surface area contributed by atoms with Gasteiger partial charge in [0.15, 0.2) is 0 Å². The average molecular weight is 637 g/mol.